The summed E-state index contributed by atoms with van der Waals surface area (Å²) in [6.07, 6.45) is 2.42. The van der Waals surface area contributed by atoms with Gasteiger partial charge < -0.3 is 4.74 Å². The van der Waals surface area contributed by atoms with Gasteiger partial charge >= 0.3 is 0 Å². The van der Waals surface area contributed by atoms with Gasteiger partial charge in [-0.25, -0.2) is 0 Å². The number of ether oxygens (including phenoxy) is 1. The fourth-order valence-electron chi connectivity index (χ4n) is 2.51. The Kier molecular flexibility index (Phi) is 4.72. The van der Waals surface area contributed by atoms with E-state index in [1.165, 1.54) is 11.1 Å². The lowest BCUT2D eigenvalue weighted by Gasteiger charge is -2.30. The van der Waals surface area contributed by atoms with Crippen molar-refractivity contribution in [1.29, 1.82) is 0 Å². The van der Waals surface area contributed by atoms with E-state index >= 15 is 0 Å². The highest BCUT2D eigenvalue weighted by Gasteiger charge is 2.20. The number of carbonyl (C=O) groups excluding carboxylic acids is 1. The highest BCUT2D eigenvalue weighted by atomic mass is 16.5. The molecule has 1 saturated heterocycles. The molecule has 0 aromatic heterocycles. The van der Waals surface area contributed by atoms with Gasteiger partial charge in [-0.1, -0.05) is 12.1 Å². The predicted octanol–water partition coefficient (Wildman–Crippen LogP) is 2.60. The minimum Gasteiger partial charge on any atom is -0.381 e. The summed E-state index contributed by atoms with van der Waals surface area (Å²) >= 11 is 0. The van der Waals surface area contributed by atoms with Gasteiger partial charge in [0.25, 0.3) is 0 Å². The van der Waals surface area contributed by atoms with E-state index in [0.717, 1.165) is 31.5 Å². The topological polar surface area (TPSA) is 29.5 Å². The zero-order valence-electron chi connectivity index (χ0n) is 12.1. The molecule has 1 fully saturated rings. The zero-order valence-corrected chi connectivity index (χ0v) is 12.1. The molecule has 0 amide bonds. The Morgan fingerprint density at radius 2 is 1.95 bits per heavy atom. The van der Waals surface area contributed by atoms with Crippen LogP contribution in [0.25, 0.3) is 0 Å². The second-order valence-electron chi connectivity index (χ2n) is 5.43. The van der Waals surface area contributed by atoms with Crippen LogP contribution in [0, 0.1) is 13.8 Å². The zero-order chi connectivity index (χ0) is 13.8. The number of carbonyl (C=O) groups is 1. The number of aryl methyl sites for hydroxylation is 2. The van der Waals surface area contributed by atoms with Crippen LogP contribution in [-0.2, 0) is 4.74 Å². The molecule has 0 N–H and O–H groups in total. The Balaban J connectivity index is 1.92. The number of Topliss-reactive ketones (excluding diaryl/α,β-unsaturated/α-hetero) is 1. The summed E-state index contributed by atoms with van der Waals surface area (Å²) in [6, 6.07) is 5.96. The van der Waals surface area contributed by atoms with Crippen LogP contribution in [0.15, 0.2) is 18.2 Å². The molecule has 0 bridgehead atoms. The second-order valence-corrected chi connectivity index (χ2v) is 5.43. The first-order valence-electron chi connectivity index (χ1n) is 6.95. The normalized spacial score (nSPS) is 17.6. The molecular formula is C16H23NO2. The van der Waals surface area contributed by atoms with Crippen molar-refractivity contribution in [2.24, 2.45) is 0 Å². The molecule has 1 heterocycles. The maximum atomic E-state index is 12.3. The molecule has 0 aliphatic carbocycles. The van der Waals surface area contributed by atoms with Crippen LogP contribution in [-0.4, -0.2) is 43.5 Å². The highest BCUT2D eigenvalue weighted by molar-refractivity contribution is 5.97. The van der Waals surface area contributed by atoms with Crippen molar-refractivity contribution in [3.05, 3.63) is 34.9 Å². The third-order valence-corrected chi connectivity index (χ3v) is 4.06. The number of methoxy groups -OCH3 is 1. The van der Waals surface area contributed by atoms with Crippen LogP contribution in [0.2, 0.25) is 0 Å². The highest BCUT2D eigenvalue weighted by Crippen LogP contribution is 2.15. The van der Waals surface area contributed by atoms with Crippen LogP contribution in [0.1, 0.15) is 34.3 Å². The van der Waals surface area contributed by atoms with Gasteiger partial charge in [0.05, 0.1) is 12.6 Å². The molecule has 1 aliphatic heterocycles. The molecule has 2 rings (SSSR count). The van der Waals surface area contributed by atoms with Gasteiger partial charge in [0.2, 0.25) is 0 Å². The molecule has 0 saturated carbocycles. The van der Waals surface area contributed by atoms with Gasteiger partial charge in [0.15, 0.2) is 5.78 Å². The first kappa shape index (κ1) is 14.2. The van der Waals surface area contributed by atoms with Crippen LogP contribution in [0.3, 0.4) is 0 Å². The van der Waals surface area contributed by atoms with E-state index in [-0.39, 0.29) is 5.78 Å². The Morgan fingerprint density at radius 3 is 2.53 bits per heavy atom. The van der Waals surface area contributed by atoms with Gasteiger partial charge in [0, 0.05) is 25.8 Å². The summed E-state index contributed by atoms with van der Waals surface area (Å²) in [6.45, 7) is 6.55. The van der Waals surface area contributed by atoms with Gasteiger partial charge in [-0.2, -0.15) is 0 Å². The quantitative estimate of drug-likeness (QED) is 0.780. The number of likely N-dealkylation sites (tertiary alicyclic amines) is 1. The van der Waals surface area contributed by atoms with Crippen molar-refractivity contribution in [2.75, 3.05) is 26.7 Å². The van der Waals surface area contributed by atoms with E-state index in [4.69, 9.17) is 4.74 Å². The van der Waals surface area contributed by atoms with E-state index in [1.54, 1.807) is 7.11 Å². The summed E-state index contributed by atoms with van der Waals surface area (Å²) in [5.41, 5.74) is 3.25. The van der Waals surface area contributed by atoms with E-state index in [2.05, 4.69) is 18.7 Å². The fraction of sp³-hybridized carbons (Fsp3) is 0.562. The number of ketones is 1. The molecule has 19 heavy (non-hydrogen) atoms. The third-order valence-electron chi connectivity index (χ3n) is 4.06. The van der Waals surface area contributed by atoms with Crippen LogP contribution < -0.4 is 0 Å². The van der Waals surface area contributed by atoms with Crippen LogP contribution in [0.5, 0.6) is 0 Å². The van der Waals surface area contributed by atoms with E-state index in [1.807, 2.05) is 18.2 Å². The summed E-state index contributed by atoms with van der Waals surface area (Å²) in [5.74, 6) is 0.221. The molecule has 0 unspecified atom stereocenters. The standard InChI is InChI=1S/C16H23NO2/c1-12-4-5-14(10-13(12)2)16(18)11-17-8-6-15(19-3)7-9-17/h4-5,10,15H,6-9,11H2,1-3H3. The number of piperidine rings is 1. The molecule has 3 heteroatoms. The average molecular weight is 261 g/mol. The molecule has 0 radical (unpaired) electrons. The fourth-order valence-corrected chi connectivity index (χ4v) is 2.51. The number of hydrogen-bond donors (Lipinski definition) is 0. The SMILES string of the molecule is COC1CCN(CC(=O)c2ccc(C)c(C)c2)CC1. The molecular weight excluding hydrogens is 238 g/mol. The van der Waals surface area contributed by atoms with Crippen molar-refractivity contribution in [1.82, 2.24) is 4.90 Å². The number of benzene rings is 1. The molecule has 1 aromatic rings. The largest absolute Gasteiger partial charge is 0.381 e. The van der Waals surface area contributed by atoms with Gasteiger partial charge in [0.1, 0.15) is 0 Å². The molecule has 104 valence electrons. The van der Waals surface area contributed by atoms with E-state index < -0.39 is 0 Å². The average Bonchev–Trinajstić information content (AvgIpc) is 2.42. The number of hydrogen-bond acceptors (Lipinski definition) is 3. The van der Waals surface area contributed by atoms with Gasteiger partial charge in [-0.05, 0) is 43.9 Å². The summed E-state index contributed by atoms with van der Waals surface area (Å²) in [5, 5.41) is 0. The molecule has 0 spiro atoms. The minimum absolute atomic E-state index is 0.221. The third kappa shape index (κ3) is 3.64. The Bertz CT molecular complexity index is 448. The van der Waals surface area contributed by atoms with Crippen LogP contribution in [0.4, 0.5) is 0 Å². The summed E-state index contributed by atoms with van der Waals surface area (Å²) < 4.78 is 5.35. The minimum atomic E-state index is 0.221. The van der Waals surface area contributed by atoms with Crippen molar-refractivity contribution in [2.45, 2.75) is 32.8 Å². The number of nitrogens with zero attached hydrogens (tertiary/aromatic N) is 1. The maximum Gasteiger partial charge on any atom is 0.176 e. The van der Waals surface area contributed by atoms with Crippen molar-refractivity contribution in [3.63, 3.8) is 0 Å². The first-order valence-corrected chi connectivity index (χ1v) is 6.95. The van der Waals surface area contributed by atoms with Crippen LogP contribution >= 0.6 is 0 Å². The first-order chi connectivity index (χ1) is 9.10. The second kappa shape index (κ2) is 6.31. The molecule has 3 nitrogen and oxygen atoms in total. The smallest absolute Gasteiger partial charge is 0.176 e. The predicted molar refractivity (Wildman–Crippen MR) is 76.7 cm³/mol. The van der Waals surface area contributed by atoms with E-state index in [9.17, 15) is 4.79 Å². The monoisotopic (exact) mass is 261 g/mol. The Labute approximate surface area is 115 Å². The van der Waals surface area contributed by atoms with Gasteiger partial charge in [-0.3, -0.25) is 9.69 Å². The Hall–Kier alpha value is -1.19. The van der Waals surface area contributed by atoms with E-state index in [0.29, 0.717) is 12.6 Å². The molecule has 1 aromatic carbocycles. The Morgan fingerprint density at radius 1 is 1.26 bits per heavy atom. The van der Waals surface area contributed by atoms with Crippen molar-refractivity contribution < 1.29 is 9.53 Å². The summed E-state index contributed by atoms with van der Waals surface area (Å²) in [4.78, 5) is 14.5. The lowest BCUT2D eigenvalue weighted by molar-refractivity contribution is 0.0401. The van der Waals surface area contributed by atoms with Crippen molar-refractivity contribution >= 4 is 5.78 Å². The van der Waals surface area contributed by atoms with Gasteiger partial charge in [-0.15, -0.1) is 0 Å². The van der Waals surface area contributed by atoms with Crippen molar-refractivity contribution in [3.8, 4) is 0 Å². The maximum absolute atomic E-state index is 12.3. The summed E-state index contributed by atoms with van der Waals surface area (Å²) in [7, 11) is 1.76. The lowest BCUT2D eigenvalue weighted by atomic mass is 10.0. The lowest BCUT2D eigenvalue weighted by Crippen LogP contribution is -2.39. The molecule has 0 atom stereocenters. The molecule has 1 aliphatic rings. The number of rotatable bonds is 4.